The molecule has 0 aromatic carbocycles. The third kappa shape index (κ3) is 2.94. The minimum Gasteiger partial charge on any atom is -0.481 e. The second-order valence-electron chi connectivity index (χ2n) is 4.80. The summed E-state index contributed by atoms with van der Waals surface area (Å²) in [5.74, 6) is 0.293. The number of aliphatic carboxylic acids is 1. The van der Waals surface area contributed by atoms with Gasteiger partial charge in [-0.25, -0.2) is 4.98 Å². The van der Waals surface area contributed by atoms with Crippen LogP contribution >= 0.6 is 11.5 Å². The maximum Gasteiger partial charge on any atom is 0.306 e. The summed E-state index contributed by atoms with van der Waals surface area (Å²) < 4.78 is 4.26. The lowest BCUT2D eigenvalue weighted by molar-refractivity contribution is -0.141. The van der Waals surface area contributed by atoms with E-state index in [0.29, 0.717) is 12.3 Å². The third-order valence-electron chi connectivity index (χ3n) is 3.07. The molecule has 1 aromatic rings. The molecule has 2 rings (SSSR count). The molecule has 0 amide bonds. The van der Waals surface area contributed by atoms with Crippen LogP contribution in [-0.2, 0) is 4.79 Å². The zero-order valence-electron chi connectivity index (χ0n) is 10.0. The first kappa shape index (κ1) is 12.3. The highest BCUT2D eigenvalue weighted by molar-refractivity contribution is 7.09. The van der Waals surface area contributed by atoms with Crippen LogP contribution in [0.4, 0.5) is 5.13 Å². The van der Waals surface area contributed by atoms with Gasteiger partial charge in [0.05, 0.1) is 5.92 Å². The van der Waals surface area contributed by atoms with Crippen LogP contribution in [0.15, 0.2) is 0 Å². The molecule has 0 aliphatic heterocycles. The van der Waals surface area contributed by atoms with E-state index < -0.39 is 5.97 Å². The van der Waals surface area contributed by atoms with Gasteiger partial charge in [-0.15, -0.1) is 0 Å². The van der Waals surface area contributed by atoms with Crippen molar-refractivity contribution >= 4 is 22.6 Å². The minimum absolute atomic E-state index is 0.204. The summed E-state index contributed by atoms with van der Waals surface area (Å²) in [5.41, 5.74) is 0. The van der Waals surface area contributed by atoms with Crippen molar-refractivity contribution in [1.82, 2.24) is 9.36 Å². The molecule has 6 heteroatoms. The van der Waals surface area contributed by atoms with Crippen molar-refractivity contribution in [3.8, 4) is 0 Å². The molecule has 1 saturated carbocycles. The molecule has 0 bridgehead atoms. The van der Waals surface area contributed by atoms with E-state index in [1.807, 2.05) is 0 Å². The standard InChI is InChI=1S/C11H17N3O2S/c1-6(2)9-13-11(17-14-9)12-8-4-3-7(5-8)10(15)16/h6-8H,3-5H2,1-2H3,(H,15,16)(H,12,13,14). The largest absolute Gasteiger partial charge is 0.481 e. The Morgan fingerprint density at radius 1 is 1.53 bits per heavy atom. The first-order chi connectivity index (χ1) is 8.06. The summed E-state index contributed by atoms with van der Waals surface area (Å²) >= 11 is 1.35. The van der Waals surface area contributed by atoms with Gasteiger partial charge in [0.1, 0.15) is 5.82 Å². The minimum atomic E-state index is -0.686. The van der Waals surface area contributed by atoms with Crippen LogP contribution in [0, 0.1) is 5.92 Å². The third-order valence-corrected chi connectivity index (χ3v) is 3.73. The van der Waals surface area contributed by atoms with Crippen molar-refractivity contribution in [3.05, 3.63) is 5.82 Å². The molecule has 17 heavy (non-hydrogen) atoms. The Balaban J connectivity index is 1.91. The average molecular weight is 255 g/mol. The molecule has 2 unspecified atom stereocenters. The maximum atomic E-state index is 10.8. The van der Waals surface area contributed by atoms with Crippen molar-refractivity contribution in [2.24, 2.45) is 5.92 Å². The Kier molecular flexibility index (Phi) is 3.61. The van der Waals surface area contributed by atoms with Gasteiger partial charge >= 0.3 is 5.97 Å². The second kappa shape index (κ2) is 5.00. The zero-order chi connectivity index (χ0) is 12.4. The van der Waals surface area contributed by atoms with E-state index in [4.69, 9.17) is 5.11 Å². The first-order valence-electron chi connectivity index (χ1n) is 5.89. The number of carbonyl (C=O) groups is 1. The van der Waals surface area contributed by atoms with Gasteiger partial charge < -0.3 is 10.4 Å². The topological polar surface area (TPSA) is 75.1 Å². The number of anilines is 1. The molecule has 1 aromatic heterocycles. The molecule has 2 N–H and O–H groups in total. The van der Waals surface area contributed by atoms with Crippen molar-refractivity contribution in [3.63, 3.8) is 0 Å². The monoisotopic (exact) mass is 255 g/mol. The van der Waals surface area contributed by atoms with Gasteiger partial charge in [0, 0.05) is 23.5 Å². The van der Waals surface area contributed by atoms with E-state index in [1.54, 1.807) is 0 Å². The first-order valence-corrected chi connectivity index (χ1v) is 6.66. The molecular weight excluding hydrogens is 238 g/mol. The Bertz CT molecular complexity index is 405. The van der Waals surface area contributed by atoms with E-state index in [0.717, 1.165) is 23.8 Å². The highest BCUT2D eigenvalue weighted by Gasteiger charge is 2.30. The molecule has 1 fully saturated rings. The second-order valence-corrected chi connectivity index (χ2v) is 5.55. The van der Waals surface area contributed by atoms with Crippen LogP contribution in [0.2, 0.25) is 0 Å². The molecule has 1 heterocycles. The van der Waals surface area contributed by atoms with Crippen molar-refractivity contribution in [2.75, 3.05) is 5.32 Å². The molecule has 0 saturated heterocycles. The number of nitrogens with zero attached hydrogens (tertiary/aromatic N) is 2. The molecule has 5 nitrogen and oxygen atoms in total. The molecular formula is C11H17N3O2S. The van der Waals surface area contributed by atoms with Gasteiger partial charge in [-0.3, -0.25) is 4.79 Å². The predicted molar refractivity (Wildman–Crippen MR) is 66.4 cm³/mol. The van der Waals surface area contributed by atoms with Crippen LogP contribution in [0.25, 0.3) is 0 Å². The zero-order valence-corrected chi connectivity index (χ0v) is 10.8. The number of nitrogens with one attached hydrogen (secondary N) is 1. The van der Waals surface area contributed by atoms with E-state index >= 15 is 0 Å². The van der Waals surface area contributed by atoms with E-state index in [2.05, 4.69) is 28.5 Å². The fourth-order valence-electron chi connectivity index (χ4n) is 2.04. The smallest absolute Gasteiger partial charge is 0.306 e. The highest BCUT2D eigenvalue weighted by Crippen LogP contribution is 2.29. The molecule has 0 radical (unpaired) electrons. The van der Waals surface area contributed by atoms with Crippen molar-refractivity contribution < 1.29 is 9.90 Å². The number of hydrogen-bond donors (Lipinski definition) is 2. The quantitative estimate of drug-likeness (QED) is 0.863. The average Bonchev–Trinajstić information content (AvgIpc) is 2.87. The van der Waals surface area contributed by atoms with Gasteiger partial charge in [-0.1, -0.05) is 13.8 Å². The van der Waals surface area contributed by atoms with Gasteiger partial charge in [-0.2, -0.15) is 4.37 Å². The number of rotatable bonds is 4. The van der Waals surface area contributed by atoms with E-state index in [9.17, 15) is 4.79 Å². The number of hydrogen-bond acceptors (Lipinski definition) is 5. The molecule has 0 spiro atoms. The van der Waals surface area contributed by atoms with Crippen LogP contribution in [0.3, 0.4) is 0 Å². The summed E-state index contributed by atoms with van der Waals surface area (Å²) in [7, 11) is 0. The molecule has 2 atom stereocenters. The summed E-state index contributed by atoms with van der Waals surface area (Å²) in [6.45, 7) is 4.11. The number of carboxylic acid groups (broad SMARTS) is 1. The molecule has 1 aliphatic rings. The Hall–Kier alpha value is -1.17. The van der Waals surface area contributed by atoms with Crippen molar-refractivity contribution in [2.45, 2.75) is 45.1 Å². The normalized spacial score (nSPS) is 24.2. The molecule has 94 valence electrons. The lowest BCUT2D eigenvalue weighted by Gasteiger charge is -2.10. The van der Waals surface area contributed by atoms with E-state index in [-0.39, 0.29) is 12.0 Å². The summed E-state index contributed by atoms with van der Waals surface area (Å²) in [6, 6.07) is 0.226. The van der Waals surface area contributed by atoms with Crippen LogP contribution < -0.4 is 5.32 Å². The fourth-order valence-corrected chi connectivity index (χ4v) is 2.82. The maximum absolute atomic E-state index is 10.8. The lowest BCUT2D eigenvalue weighted by Crippen LogP contribution is -2.17. The lowest BCUT2D eigenvalue weighted by atomic mass is 10.1. The Morgan fingerprint density at radius 2 is 2.29 bits per heavy atom. The summed E-state index contributed by atoms with van der Waals surface area (Å²) in [5, 5.41) is 13.0. The summed E-state index contributed by atoms with van der Waals surface area (Å²) in [6.07, 6.45) is 2.34. The van der Waals surface area contributed by atoms with E-state index in [1.165, 1.54) is 11.5 Å². The molecule has 1 aliphatic carbocycles. The summed E-state index contributed by atoms with van der Waals surface area (Å²) in [4.78, 5) is 15.2. The fraction of sp³-hybridized carbons (Fsp3) is 0.727. The van der Waals surface area contributed by atoms with Crippen molar-refractivity contribution in [1.29, 1.82) is 0 Å². The van der Waals surface area contributed by atoms with Gasteiger partial charge in [-0.05, 0) is 19.3 Å². The van der Waals surface area contributed by atoms with Crippen LogP contribution in [-0.4, -0.2) is 26.5 Å². The van der Waals surface area contributed by atoms with Gasteiger partial charge in [0.2, 0.25) is 5.13 Å². The van der Waals surface area contributed by atoms with Gasteiger partial charge in [0.15, 0.2) is 0 Å². The van der Waals surface area contributed by atoms with Crippen LogP contribution in [0.5, 0.6) is 0 Å². The predicted octanol–water partition coefficient (Wildman–Crippen LogP) is 2.33. The SMILES string of the molecule is CC(C)c1nsc(NC2CCC(C(=O)O)C2)n1. The number of carboxylic acids is 1. The van der Waals surface area contributed by atoms with Gasteiger partial charge in [0.25, 0.3) is 0 Å². The Labute approximate surface area is 104 Å². The van der Waals surface area contributed by atoms with Crippen LogP contribution in [0.1, 0.15) is 44.9 Å². The Morgan fingerprint density at radius 3 is 2.82 bits per heavy atom. The highest BCUT2D eigenvalue weighted by atomic mass is 32.1. The number of aromatic nitrogens is 2.